The molecule has 0 amide bonds. The lowest BCUT2D eigenvalue weighted by Crippen LogP contribution is -2.30. The van der Waals surface area contributed by atoms with E-state index in [1.54, 1.807) is 0 Å². The molecule has 0 aliphatic carbocycles. The van der Waals surface area contributed by atoms with E-state index in [4.69, 9.17) is 14.2 Å². The first-order chi connectivity index (χ1) is 37.5. The van der Waals surface area contributed by atoms with Crippen molar-refractivity contribution in [2.75, 3.05) is 13.2 Å². The Balaban J connectivity index is 4.11. The third kappa shape index (κ3) is 62.2. The summed E-state index contributed by atoms with van der Waals surface area (Å²) in [4.78, 5) is 38.2. The van der Waals surface area contributed by atoms with Gasteiger partial charge in [0.15, 0.2) is 6.10 Å². The van der Waals surface area contributed by atoms with Gasteiger partial charge in [-0.3, -0.25) is 14.4 Å². The Bertz CT molecular complexity index is 1310. The van der Waals surface area contributed by atoms with Crippen molar-refractivity contribution in [2.24, 2.45) is 0 Å². The summed E-state index contributed by atoms with van der Waals surface area (Å²) in [5.74, 6) is -0.891. The fourth-order valence-electron chi connectivity index (χ4n) is 9.97. The van der Waals surface area contributed by atoms with Crippen molar-refractivity contribution in [3.8, 4) is 0 Å². The lowest BCUT2D eigenvalue weighted by molar-refractivity contribution is -0.167. The maximum absolute atomic E-state index is 12.9. The highest BCUT2D eigenvalue weighted by Crippen LogP contribution is 2.18. The molecule has 0 N–H and O–H groups in total. The molecule has 0 spiro atoms. The maximum atomic E-state index is 12.9. The Labute approximate surface area is 473 Å². The van der Waals surface area contributed by atoms with Gasteiger partial charge in [0.25, 0.3) is 0 Å². The zero-order valence-electron chi connectivity index (χ0n) is 51.0. The largest absolute Gasteiger partial charge is 0.462 e. The smallest absolute Gasteiger partial charge is 0.306 e. The first-order valence-electron chi connectivity index (χ1n) is 33.6. The van der Waals surface area contributed by atoms with Crippen LogP contribution in [0.3, 0.4) is 0 Å². The van der Waals surface area contributed by atoms with E-state index in [2.05, 4.69) is 69.4 Å². The normalized spacial score (nSPS) is 12.3. The number of rotatable bonds is 62. The fourth-order valence-corrected chi connectivity index (χ4v) is 9.97. The molecule has 0 radical (unpaired) electrons. The van der Waals surface area contributed by atoms with Gasteiger partial charge >= 0.3 is 17.9 Å². The summed E-state index contributed by atoms with van der Waals surface area (Å²) in [6, 6.07) is 0. The second-order valence-corrected chi connectivity index (χ2v) is 22.7. The Kier molecular flexibility index (Phi) is 62.6. The molecule has 0 aliphatic rings. The highest BCUT2D eigenvalue weighted by Gasteiger charge is 2.19. The van der Waals surface area contributed by atoms with Crippen molar-refractivity contribution in [2.45, 2.75) is 367 Å². The van der Waals surface area contributed by atoms with Crippen LogP contribution in [0.15, 0.2) is 48.6 Å². The van der Waals surface area contributed by atoms with E-state index in [9.17, 15) is 14.4 Å². The number of hydrogen-bond donors (Lipinski definition) is 0. The number of allylic oxidation sites excluding steroid dienone is 8. The Morgan fingerprint density at radius 3 is 0.816 bits per heavy atom. The monoisotopic (exact) mass is 1060 g/mol. The molecule has 1 unspecified atom stereocenters. The van der Waals surface area contributed by atoms with Gasteiger partial charge in [0, 0.05) is 19.3 Å². The third-order valence-electron chi connectivity index (χ3n) is 15.0. The zero-order chi connectivity index (χ0) is 55.0. The molecule has 0 fully saturated rings. The number of carbonyl (C=O) groups is 3. The molecule has 0 saturated carbocycles. The number of unbranched alkanes of at least 4 members (excludes halogenated alkanes) is 43. The van der Waals surface area contributed by atoms with Crippen molar-refractivity contribution in [1.29, 1.82) is 0 Å². The van der Waals surface area contributed by atoms with Crippen LogP contribution in [0.25, 0.3) is 0 Å². The van der Waals surface area contributed by atoms with Crippen LogP contribution in [0.4, 0.5) is 0 Å². The van der Waals surface area contributed by atoms with Gasteiger partial charge in [0.1, 0.15) is 13.2 Å². The lowest BCUT2D eigenvalue weighted by atomic mass is 10.0. The first kappa shape index (κ1) is 73.4. The molecular weight excluding hydrogens is 937 g/mol. The van der Waals surface area contributed by atoms with Crippen molar-refractivity contribution >= 4 is 17.9 Å². The van der Waals surface area contributed by atoms with E-state index in [1.165, 1.54) is 212 Å². The van der Waals surface area contributed by atoms with Gasteiger partial charge < -0.3 is 14.2 Å². The number of hydrogen-bond acceptors (Lipinski definition) is 6. The van der Waals surface area contributed by atoms with Crippen LogP contribution in [0.2, 0.25) is 0 Å². The summed E-state index contributed by atoms with van der Waals surface area (Å²) in [6.07, 6.45) is 81.5. The van der Waals surface area contributed by atoms with Crippen molar-refractivity contribution in [1.82, 2.24) is 0 Å². The number of esters is 3. The third-order valence-corrected chi connectivity index (χ3v) is 15.0. The highest BCUT2D eigenvalue weighted by atomic mass is 16.6. The number of ether oxygens (including phenoxy) is 3. The molecular formula is C70H128O6. The van der Waals surface area contributed by atoms with Crippen LogP contribution in [-0.2, 0) is 28.6 Å². The molecule has 0 aliphatic heterocycles. The SMILES string of the molecule is CCC/C=C\C/C=C\CCCCCCCC(=O)OCC(COC(=O)CCCCCCCCCCCCCCCCCCCCCCCCCCCCCCCCC)OC(=O)CCCCCCC/C=C\C/C=C\CCCC. The van der Waals surface area contributed by atoms with Crippen molar-refractivity contribution in [3.63, 3.8) is 0 Å². The molecule has 6 heteroatoms. The molecule has 0 bridgehead atoms. The summed E-state index contributed by atoms with van der Waals surface area (Å²) in [5.41, 5.74) is 0. The minimum absolute atomic E-state index is 0.0804. The summed E-state index contributed by atoms with van der Waals surface area (Å²) >= 11 is 0. The van der Waals surface area contributed by atoms with Gasteiger partial charge in [-0.25, -0.2) is 0 Å². The molecule has 6 nitrogen and oxygen atoms in total. The highest BCUT2D eigenvalue weighted by molar-refractivity contribution is 5.71. The predicted molar refractivity (Wildman–Crippen MR) is 330 cm³/mol. The second-order valence-electron chi connectivity index (χ2n) is 22.7. The molecule has 444 valence electrons. The molecule has 0 rings (SSSR count). The summed E-state index contributed by atoms with van der Waals surface area (Å²) < 4.78 is 16.9. The molecule has 0 saturated heterocycles. The van der Waals surface area contributed by atoms with Gasteiger partial charge in [-0.05, 0) is 70.6 Å². The van der Waals surface area contributed by atoms with Crippen LogP contribution in [-0.4, -0.2) is 37.2 Å². The number of carbonyl (C=O) groups excluding carboxylic acids is 3. The van der Waals surface area contributed by atoms with Crippen molar-refractivity contribution < 1.29 is 28.6 Å². The summed E-state index contributed by atoms with van der Waals surface area (Å²) in [5, 5.41) is 0. The van der Waals surface area contributed by atoms with Crippen LogP contribution >= 0.6 is 0 Å². The van der Waals surface area contributed by atoms with E-state index in [0.29, 0.717) is 19.3 Å². The minimum Gasteiger partial charge on any atom is -0.462 e. The summed E-state index contributed by atoms with van der Waals surface area (Å²) in [6.45, 7) is 6.56. The van der Waals surface area contributed by atoms with Crippen LogP contribution < -0.4 is 0 Å². The fraction of sp³-hybridized carbons (Fsp3) is 0.843. The molecule has 1 atom stereocenters. The molecule has 0 heterocycles. The summed E-state index contributed by atoms with van der Waals surface area (Å²) in [7, 11) is 0. The Morgan fingerprint density at radius 2 is 0.513 bits per heavy atom. The minimum atomic E-state index is -0.785. The Hall–Kier alpha value is -2.63. The maximum Gasteiger partial charge on any atom is 0.306 e. The predicted octanol–water partition coefficient (Wildman–Crippen LogP) is 22.9. The van der Waals surface area contributed by atoms with Gasteiger partial charge in [-0.1, -0.05) is 320 Å². The molecule has 0 aromatic heterocycles. The molecule has 0 aromatic rings. The molecule has 76 heavy (non-hydrogen) atoms. The molecule has 0 aromatic carbocycles. The lowest BCUT2D eigenvalue weighted by Gasteiger charge is -2.18. The van der Waals surface area contributed by atoms with Gasteiger partial charge in [0.2, 0.25) is 0 Å². The van der Waals surface area contributed by atoms with E-state index in [-0.39, 0.29) is 31.1 Å². The topological polar surface area (TPSA) is 78.9 Å². The van der Waals surface area contributed by atoms with Gasteiger partial charge in [-0.15, -0.1) is 0 Å². The van der Waals surface area contributed by atoms with Crippen molar-refractivity contribution in [3.05, 3.63) is 48.6 Å². The van der Waals surface area contributed by atoms with Crippen LogP contribution in [0.5, 0.6) is 0 Å². The quantitative estimate of drug-likeness (QED) is 0.0261. The van der Waals surface area contributed by atoms with E-state index in [0.717, 1.165) is 109 Å². The van der Waals surface area contributed by atoms with Gasteiger partial charge in [-0.2, -0.15) is 0 Å². The van der Waals surface area contributed by atoms with E-state index < -0.39 is 6.10 Å². The van der Waals surface area contributed by atoms with E-state index in [1.807, 2.05) is 0 Å². The van der Waals surface area contributed by atoms with Gasteiger partial charge in [0.05, 0.1) is 0 Å². The Morgan fingerprint density at radius 1 is 0.263 bits per heavy atom. The average molecular weight is 1070 g/mol. The average Bonchev–Trinajstić information content (AvgIpc) is 3.42. The van der Waals surface area contributed by atoms with Crippen LogP contribution in [0.1, 0.15) is 361 Å². The first-order valence-corrected chi connectivity index (χ1v) is 33.6. The second kappa shape index (κ2) is 64.9. The zero-order valence-corrected chi connectivity index (χ0v) is 51.0. The van der Waals surface area contributed by atoms with E-state index >= 15 is 0 Å². The standard InChI is InChI=1S/C70H128O6/c1-4-7-10-13-16-19-22-25-27-28-29-30-31-32-33-34-35-36-37-38-39-40-41-42-43-46-48-51-54-57-60-63-69(72)75-66-67(65-74-68(71)62-59-56-53-50-47-44-24-21-18-15-12-9-6-3)76-70(73)64-61-58-55-52-49-45-26-23-20-17-14-11-8-5-2/h12,14-15,17,21,23-24,26,67H,4-11,13,16,18-20,22,25,27-66H2,1-3H3/b15-12-,17-14-,24-21-,26-23-. The van der Waals surface area contributed by atoms with Crippen LogP contribution in [0, 0.1) is 0 Å².